The van der Waals surface area contributed by atoms with Gasteiger partial charge in [0, 0.05) is 48.4 Å². The van der Waals surface area contributed by atoms with Crippen LogP contribution in [-0.2, 0) is 15.8 Å². The summed E-state index contributed by atoms with van der Waals surface area (Å²) >= 11 is 0. The number of nitrogens with one attached hydrogen (secondary N) is 2. The standard InChI is InChI=1S/C29H27F3N6O3S/c30-20-10-18(12-33-15-20)13-34-29-35-14-19-11-23(28(39)38(21-6-7-21)27(19)36-29)22-8-9-24(26(32)25(22)31)37-42(40,41)16-17-4-2-1-3-5-17/h1-5,8-9,11,13-14,18,20-21,33,37H,6-7,10,12,15-16H2/t18?,20-/m0/s1. The lowest BCUT2D eigenvalue weighted by atomic mass is 10.00. The van der Waals surface area contributed by atoms with Crippen molar-refractivity contribution in [1.29, 1.82) is 0 Å². The molecular weight excluding hydrogens is 569 g/mol. The van der Waals surface area contributed by atoms with E-state index in [1.54, 1.807) is 36.5 Å². The number of hydrogen-bond donors (Lipinski definition) is 2. The fraction of sp³-hybridized carbons (Fsp3) is 0.310. The van der Waals surface area contributed by atoms with Gasteiger partial charge in [-0.1, -0.05) is 30.3 Å². The molecule has 6 rings (SSSR count). The average Bonchev–Trinajstić information content (AvgIpc) is 3.80. The second-order valence-corrected chi connectivity index (χ2v) is 12.3. The smallest absolute Gasteiger partial charge is 0.260 e. The molecule has 1 aliphatic heterocycles. The van der Waals surface area contributed by atoms with Gasteiger partial charge in [-0.25, -0.2) is 31.6 Å². The molecule has 13 heteroatoms. The Labute approximate surface area is 239 Å². The van der Waals surface area contributed by atoms with Crippen molar-refractivity contribution in [2.24, 2.45) is 10.9 Å². The summed E-state index contributed by atoms with van der Waals surface area (Å²) < 4.78 is 73.0. The molecule has 2 aliphatic rings. The molecule has 4 aromatic rings. The fourth-order valence-electron chi connectivity index (χ4n) is 5.08. The SMILES string of the molecule is O=c1c(-c2ccc(NS(=O)(=O)Cc3ccccc3)c(F)c2F)cc2cnc(N=CC3CNC[C@@H](F)C3)nc2n1C1CC1. The number of nitrogens with zero attached hydrogens (tertiary/aromatic N) is 4. The van der Waals surface area contributed by atoms with Gasteiger partial charge in [0.1, 0.15) is 11.8 Å². The molecule has 2 N–H and O–H groups in total. The maximum atomic E-state index is 15.4. The molecule has 1 aliphatic carbocycles. The van der Waals surface area contributed by atoms with Crippen molar-refractivity contribution < 1.29 is 21.6 Å². The van der Waals surface area contributed by atoms with Crippen molar-refractivity contribution in [3.63, 3.8) is 0 Å². The molecule has 218 valence electrons. The van der Waals surface area contributed by atoms with Crippen LogP contribution in [-0.4, -0.2) is 48.4 Å². The molecule has 2 fully saturated rings. The van der Waals surface area contributed by atoms with Crippen LogP contribution in [0.5, 0.6) is 0 Å². The third-order valence-electron chi connectivity index (χ3n) is 7.24. The predicted octanol–water partition coefficient (Wildman–Crippen LogP) is 4.66. The molecule has 1 saturated heterocycles. The Morgan fingerprint density at radius 1 is 1.07 bits per heavy atom. The zero-order chi connectivity index (χ0) is 29.4. The molecule has 2 aromatic carbocycles. The molecule has 9 nitrogen and oxygen atoms in total. The number of anilines is 1. The Morgan fingerprint density at radius 3 is 2.60 bits per heavy atom. The number of piperidine rings is 1. The van der Waals surface area contributed by atoms with E-state index in [9.17, 15) is 17.6 Å². The minimum Gasteiger partial charge on any atom is -0.313 e. The number of fused-ring (bicyclic) bond motifs is 1. The van der Waals surface area contributed by atoms with Crippen molar-refractivity contribution in [2.45, 2.75) is 37.2 Å². The number of benzene rings is 2. The highest BCUT2D eigenvalue weighted by Gasteiger charge is 2.30. The highest BCUT2D eigenvalue weighted by molar-refractivity contribution is 7.91. The number of pyridine rings is 1. The quantitative estimate of drug-likeness (QED) is 0.286. The van der Waals surface area contributed by atoms with Crippen molar-refractivity contribution in [3.8, 4) is 11.1 Å². The van der Waals surface area contributed by atoms with E-state index in [4.69, 9.17) is 0 Å². The van der Waals surface area contributed by atoms with Crippen LogP contribution in [0.25, 0.3) is 22.2 Å². The lowest BCUT2D eigenvalue weighted by molar-refractivity contribution is 0.246. The normalized spacial score (nSPS) is 19.4. The van der Waals surface area contributed by atoms with Gasteiger partial charge in [-0.2, -0.15) is 4.98 Å². The Hall–Kier alpha value is -4.10. The van der Waals surface area contributed by atoms with E-state index in [0.717, 1.165) is 6.07 Å². The lowest BCUT2D eigenvalue weighted by Crippen LogP contribution is -2.37. The minimum absolute atomic E-state index is 0.105. The maximum absolute atomic E-state index is 15.4. The molecule has 0 amide bonds. The maximum Gasteiger partial charge on any atom is 0.260 e. The van der Waals surface area contributed by atoms with E-state index < -0.39 is 44.8 Å². The van der Waals surface area contributed by atoms with E-state index in [2.05, 4.69) is 25.0 Å². The van der Waals surface area contributed by atoms with Crippen LogP contribution in [0, 0.1) is 17.6 Å². The second kappa shape index (κ2) is 11.3. The zero-order valence-electron chi connectivity index (χ0n) is 22.3. The summed E-state index contributed by atoms with van der Waals surface area (Å²) in [5, 5.41) is 3.42. The summed E-state index contributed by atoms with van der Waals surface area (Å²) in [5.74, 6) is -3.22. The van der Waals surface area contributed by atoms with Crippen LogP contribution in [0.2, 0.25) is 0 Å². The molecule has 0 spiro atoms. The van der Waals surface area contributed by atoms with Gasteiger partial charge >= 0.3 is 0 Å². The van der Waals surface area contributed by atoms with Crippen molar-refractivity contribution >= 4 is 38.9 Å². The molecule has 3 heterocycles. The highest BCUT2D eigenvalue weighted by atomic mass is 32.2. The monoisotopic (exact) mass is 596 g/mol. The van der Waals surface area contributed by atoms with E-state index >= 15 is 8.78 Å². The highest BCUT2D eigenvalue weighted by Crippen LogP contribution is 2.37. The number of alkyl halides is 1. The van der Waals surface area contributed by atoms with Gasteiger partial charge in [0.25, 0.3) is 11.5 Å². The third kappa shape index (κ3) is 5.93. The first-order chi connectivity index (χ1) is 20.2. The van der Waals surface area contributed by atoms with E-state index in [0.29, 0.717) is 48.9 Å². The van der Waals surface area contributed by atoms with Gasteiger partial charge in [0.15, 0.2) is 11.6 Å². The average molecular weight is 597 g/mol. The van der Waals surface area contributed by atoms with Gasteiger partial charge in [0.05, 0.1) is 17.0 Å². The minimum atomic E-state index is -4.04. The number of sulfonamides is 1. The summed E-state index contributed by atoms with van der Waals surface area (Å²) in [6, 6.07) is 11.8. The molecule has 2 atom stereocenters. The fourth-order valence-corrected chi connectivity index (χ4v) is 6.27. The molecule has 0 radical (unpaired) electrons. The zero-order valence-corrected chi connectivity index (χ0v) is 23.1. The van der Waals surface area contributed by atoms with Crippen molar-refractivity contribution in [3.05, 3.63) is 82.3 Å². The van der Waals surface area contributed by atoms with Crippen LogP contribution < -0.4 is 15.6 Å². The summed E-state index contributed by atoms with van der Waals surface area (Å²) in [4.78, 5) is 26.6. The first-order valence-corrected chi connectivity index (χ1v) is 15.2. The second-order valence-electron chi connectivity index (χ2n) is 10.6. The molecule has 1 saturated carbocycles. The van der Waals surface area contributed by atoms with Crippen LogP contribution in [0.3, 0.4) is 0 Å². The Bertz CT molecular complexity index is 1850. The van der Waals surface area contributed by atoms with Gasteiger partial charge in [-0.05, 0) is 43.0 Å². The lowest BCUT2D eigenvalue weighted by Gasteiger charge is -2.22. The first-order valence-electron chi connectivity index (χ1n) is 13.5. The molecule has 2 aromatic heterocycles. The van der Waals surface area contributed by atoms with Crippen LogP contribution in [0.4, 0.5) is 24.8 Å². The number of aliphatic imine (C=N–C) groups is 1. The van der Waals surface area contributed by atoms with Crippen molar-refractivity contribution in [1.82, 2.24) is 19.9 Å². The Balaban J connectivity index is 1.33. The summed E-state index contributed by atoms with van der Waals surface area (Å²) in [5.41, 5.74) is -0.752. The Kier molecular flexibility index (Phi) is 7.54. The first kappa shape index (κ1) is 28.0. The summed E-state index contributed by atoms with van der Waals surface area (Å²) in [6.07, 6.45) is 3.86. The number of aromatic nitrogens is 3. The van der Waals surface area contributed by atoms with Gasteiger partial charge in [-0.15, -0.1) is 0 Å². The van der Waals surface area contributed by atoms with Gasteiger partial charge in [0.2, 0.25) is 10.0 Å². The largest absolute Gasteiger partial charge is 0.313 e. The Morgan fingerprint density at radius 2 is 1.86 bits per heavy atom. The third-order valence-corrected chi connectivity index (χ3v) is 8.49. The van der Waals surface area contributed by atoms with E-state index in [-0.39, 0.29) is 29.0 Å². The van der Waals surface area contributed by atoms with Crippen molar-refractivity contribution in [2.75, 3.05) is 17.8 Å². The van der Waals surface area contributed by atoms with Gasteiger partial charge in [-0.3, -0.25) is 14.1 Å². The number of hydrogen-bond acceptors (Lipinski definition) is 7. The molecule has 1 unspecified atom stereocenters. The van der Waals surface area contributed by atoms with E-state index in [1.807, 2.05) is 0 Å². The number of rotatable bonds is 8. The van der Waals surface area contributed by atoms with Crippen LogP contribution in [0.1, 0.15) is 30.9 Å². The predicted molar refractivity (Wildman–Crippen MR) is 154 cm³/mol. The molecule has 0 bridgehead atoms. The summed E-state index contributed by atoms with van der Waals surface area (Å²) in [6.45, 7) is 0.896. The molecular formula is C29H27F3N6O3S. The van der Waals surface area contributed by atoms with Crippen LogP contribution >= 0.6 is 0 Å². The number of halogens is 3. The van der Waals surface area contributed by atoms with Crippen LogP contribution in [0.15, 0.2) is 64.5 Å². The van der Waals surface area contributed by atoms with Gasteiger partial charge < -0.3 is 5.32 Å². The van der Waals surface area contributed by atoms with E-state index in [1.165, 1.54) is 22.9 Å². The summed E-state index contributed by atoms with van der Waals surface area (Å²) in [7, 11) is -4.04. The topological polar surface area (TPSA) is 118 Å². The molecule has 42 heavy (non-hydrogen) atoms.